The van der Waals surface area contributed by atoms with Crippen LogP contribution in [0.5, 0.6) is 0 Å². The van der Waals surface area contributed by atoms with E-state index in [0.29, 0.717) is 17.3 Å². The number of nitrogens with two attached hydrogens (primary N) is 2. The van der Waals surface area contributed by atoms with Crippen molar-refractivity contribution in [3.05, 3.63) is 17.7 Å². The highest BCUT2D eigenvalue weighted by Gasteiger charge is 2.21. The van der Waals surface area contributed by atoms with Crippen molar-refractivity contribution in [2.45, 2.75) is 19.3 Å². The molecule has 1 aliphatic rings. The summed E-state index contributed by atoms with van der Waals surface area (Å²) in [4.78, 5) is 0. The molecule has 3 heteroatoms. The number of nitrogen functional groups attached to an aromatic ring is 2. The Hall–Kier alpha value is -1.38. The summed E-state index contributed by atoms with van der Waals surface area (Å²) in [6.07, 6.45) is 1.14. The molecule has 5 N–H and O–H groups in total. The maximum Gasteiger partial charge on any atom is 0.0568 e. The number of hydrogen-bond acceptors (Lipinski definition) is 3. The molecular formula is C10H15N3. The molecule has 1 unspecified atom stereocenters. The topological polar surface area (TPSA) is 64.1 Å². The third-order valence-corrected chi connectivity index (χ3v) is 2.73. The fraction of sp³-hybridized carbons (Fsp3) is 0.400. The Morgan fingerprint density at radius 2 is 2.08 bits per heavy atom. The number of anilines is 3. The van der Waals surface area contributed by atoms with E-state index in [1.165, 1.54) is 5.56 Å². The molecule has 0 spiro atoms. The lowest BCUT2D eigenvalue weighted by Gasteiger charge is -2.08. The normalized spacial score (nSPS) is 19.6. The van der Waals surface area contributed by atoms with Crippen molar-refractivity contribution in [2.75, 3.05) is 23.3 Å². The van der Waals surface area contributed by atoms with Crippen LogP contribution in [0.15, 0.2) is 12.1 Å². The van der Waals surface area contributed by atoms with Crippen molar-refractivity contribution in [1.82, 2.24) is 0 Å². The smallest absolute Gasteiger partial charge is 0.0568 e. The summed E-state index contributed by atoms with van der Waals surface area (Å²) in [5.41, 5.74) is 15.3. The van der Waals surface area contributed by atoms with Gasteiger partial charge in [0, 0.05) is 18.2 Å². The third-order valence-electron chi connectivity index (χ3n) is 2.73. The molecule has 0 radical (unpaired) electrons. The summed E-state index contributed by atoms with van der Waals surface area (Å²) in [6, 6.07) is 3.93. The van der Waals surface area contributed by atoms with Crippen molar-refractivity contribution >= 4 is 17.1 Å². The molecule has 13 heavy (non-hydrogen) atoms. The van der Waals surface area contributed by atoms with Crippen molar-refractivity contribution in [3.63, 3.8) is 0 Å². The van der Waals surface area contributed by atoms with E-state index in [-0.39, 0.29) is 0 Å². The Bertz CT molecular complexity index is 333. The monoisotopic (exact) mass is 177 g/mol. The van der Waals surface area contributed by atoms with Crippen LogP contribution in [-0.4, -0.2) is 6.54 Å². The second kappa shape index (κ2) is 2.83. The van der Waals surface area contributed by atoms with Crippen LogP contribution < -0.4 is 16.8 Å². The molecule has 1 aromatic rings. The summed E-state index contributed by atoms with van der Waals surface area (Å²) in [5.74, 6) is 0.595. The molecule has 0 amide bonds. The number of nitrogens with one attached hydrogen (secondary N) is 1. The van der Waals surface area contributed by atoms with Crippen molar-refractivity contribution in [1.29, 1.82) is 0 Å². The van der Waals surface area contributed by atoms with Gasteiger partial charge in [-0.3, -0.25) is 0 Å². The molecule has 0 aliphatic carbocycles. The average molecular weight is 177 g/mol. The molecule has 70 valence electrons. The summed E-state index contributed by atoms with van der Waals surface area (Å²) in [7, 11) is 0. The molecule has 1 heterocycles. The Morgan fingerprint density at radius 3 is 2.77 bits per heavy atom. The van der Waals surface area contributed by atoms with Gasteiger partial charge >= 0.3 is 0 Å². The van der Waals surface area contributed by atoms with Crippen LogP contribution in [-0.2, 0) is 0 Å². The first kappa shape index (κ1) is 8.23. The van der Waals surface area contributed by atoms with Crippen LogP contribution in [0, 0.1) is 0 Å². The zero-order chi connectivity index (χ0) is 9.42. The Labute approximate surface area is 78.1 Å². The quantitative estimate of drug-likeness (QED) is 0.573. The zero-order valence-corrected chi connectivity index (χ0v) is 7.80. The van der Waals surface area contributed by atoms with Crippen LogP contribution in [0.3, 0.4) is 0 Å². The molecule has 0 aromatic heterocycles. The maximum absolute atomic E-state index is 5.76. The number of benzene rings is 1. The Balaban J connectivity index is 2.47. The second-order valence-corrected chi connectivity index (χ2v) is 3.55. The lowest BCUT2D eigenvalue weighted by molar-refractivity contribution is 0.728. The Morgan fingerprint density at radius 1 is 1.38 bits per heavy atom. The highest BCUT2D eigenvalue weighted by Crippen LogP contribution is 2.37. The van der Waals surface area contributed by atoms with Crippen LogP contribution in [0.1, 0.15) is 24.8 Å². The number of fused-ring (bicyclic) bond motifs is 1. The zero-order valence-electron chi connectivity index (χ0n) is 7.80. The predicted molar refractivity (Wildman–Crippen MR) is 56.8 cm³/mol. The first-order valence-electron chi connectivity index (χ1n) is 4.65. The molecule has 1 aliphatic heterocycles. The summed E-state index contributed by atoms with van der Waals surface area (Å²) >= 11 is 0. The molecule has 3 nitrogen and oxygen atoms in total. The summed E-state index contributed by atoms with van der Waals surface area (Å²) in [5, 5.41) is 3.33. The molecule has 0 fully saturated rings. The van der Waals surface area contributed by atoms with E-state index >= 15 is 0 Å². The Kier molecular flexibility index (Phi) is 1.79. The van der Waals surface area contributed by atoms with Gasteiger partial charge in [-0.25, -0.2) is 0 Å². The van der Waals surface area contributed by atoms with Crippen LogP contribution in [0.25, 0.3) is 0 Å². The van der Waals surface area contributed by atoms with Crippen molar-refractivity contribution < 1.29 is 0 Å². The third kappa shape index (κ3) is 1.20. The SMILES string of the molecule is CCC1CNc2cc(N)c(N)cc21. The van der Waals surface area contributed by atoms with Crippen LogP contribution in [0.2, 0.25) is 0 Å². The maximum atomic E-state index is 5.76. The van der Waals surface area contributed by atoms with Crippen LogP contribution in [0.4, 0.5) is 17.1 Å². The van der Waals surface area contributed by atoms with E-state index in [1.807, 2.05) is 12.1 Å². The summed E-state index contributed by atoms with van der Waals surface area (Å²) in [6.45, 7) is 3.20. The predicted octanol–water partition coefficient (Wildman–Crippen LogP) is 1.77. The van der Waals surface area contributed by atoms with E-state index in [1.54, 1.807) is 0 Å². The molecule has 1 aromatic carbocycles. The van der Waals surface area contributed by atoms with Gasteiger partial charge in [0.1, 0.15) is 0 Å². The first-order valence-corrected chi connectivity index (χ1v) is 4.65. The highest BCUT2D eigenvalue weighted by molar-refractivity contribution is 5.74. The van der Waals surface area contributed by atoms with Gasteiger partial charge < -0.3 is 16.8 Å². The van der Waals surface area contributed by atoms with E-state index in [2.05, 4.69) is 12.2 Å². The molecule has 0 saturated carbocycles. The minimum absolute atomic E-state index is 0.595. The van der Waals surface area contributed by atoms with Gasteiger partial charge in [-0.2, -0.15) is 0 Å². The van der Waals surface area contributed by atoms with Crippen LogP contribution >= 0.6 is 0 Å². The van der Waals surface area contributed by atoms with Gasteiger partial charge in [0.15, 0.2) is 0 Å². The van der Waals surface area contributed by atoms with E-state index in [0.717, 1.165) is 18.7 Å². The summed E-state index contributed by atoms with van der Waals surface area (Å²) < 4.78 is 0. The fourth-order valence-electron chi connectivity index (χ4n) is 1.85. The first-order chi connectivity index (χ1) is 6.22. The molecule has 2 rings (SSSR count). The molecular weight excluding hydrogens is 162 g/mol. The molecule has 0 saturated heterocycles. The fourth-order valence-corrected chi connectivity index (χ4v) is 1.85. The lowest BCUT2D eigenvalue weighted by Crippen LogP contribution is -1.99. The van der Waals surface area contributed by atoms with E-state index in [4.69, 9.17) is 11.5 Å². The van der Waals surface area contributed by atoms with Gasteiger partial charge in [0.25, 0.3) is 0 Å². The number of rotatable bonds is 1. The standard InChI is InChI=1S/C10H15N3/c1-2-6-5-13-10-4-9(12)8(11)3-7(6)10/h3-4,6,13H,2,5,11-12H2,1H3. The number of hydrogen-bond donors (Lipinski definition) is 3. The minimum atomic E-state index is 0.595. The van der Waals surface area contributed by atoms with E-state index < -0.39 is 0 Å². The van der Waals surface area contributed by atoms with Gasteiger partial charge in [-0.1, -0.05) is 6.92 Å². The van der Waals surface area contributed by atoms with Crippen molar-refractivity contribution in [2.24, 2.45) is 0 Å². The minimum Gasteiger partial charge on any atom is -0.397 e. The molecule has 0 bridgehead atoms. The average Bonchev–Trinajstić information content (AvgIpc) is 2.48. The van der Waals surface area contributed by atoms with Gasteiger partial charge in [-0.15, -0.1) is 0 Å². The van der Waals surface area contributed by atoms with Gasteiger partial charge in [0.2, 0.25) is 0 Å². The lowest BCUT2D eigenvalue weighted by atomic mass is 9.98. The largest absolute Gasteiger partial charge is 0.397 e. The molecule has 1 atom stereocenters. The second-order valence-electron chi connectivity index (χ2n) is 3.55. The van der Waals surface area contributed by atoms with Gasteiger partial charge in [0.05, 0.1) is 11.4 Å². The van der Waals surface area contributed by atoms with E-state index in [9.17, 15) is 0 Å². The van der Waals surface area contributed by atoms with Gasteiger partial charge in [-0.05, 0) is 24.1 Å². The van der Waals surface area contributed by atoms with Crippen molar-refractivity contribution in [3.8, 4) is 0 Å². The highest BCUT2D eigenvalue weighted by atomic mass is 14.9.